The van der Waals surface area contributed by atoms with E-state index in [0.717, 1.165) is 69.0 Å². The molecule has 1 atom stereocenters. The average Bonchev–Trinajstić information content (AvgIpc) is 3.55. The molecular weight excluding hydrogens is 864 g/mol. The van der Waals surface area contributed by atoms with Gasteiger partial charge in [0.2, 0.25) is 5.91 Å². The number of anilines is 2. The number of amides is 6. The topological polar surface area (TPSA) is 188 Å². The summed E-state index contributed by atoms with van der Waals surface area (Å²) in [5.41, 5.74) is 1.17. The molecule has 1 unspecified atom stereocenters. The number of fused-ring (bicyclic) bond motifs is 1. The van der Waals surface area contributed by atoms with Crippen LogP contribution in [0.25, 0.3) is 0 Å². The highest BCUT2D eigenvalue weighted by atomic mass is 35.5. The standard InChI is InChI=1S/C45H50ClF2N11O6/c46-36-24-33(5-1-29(36)25-49)65-32-6-2-30(3-7-32)50-41(61)37-9-10-39(53-52-37)56-15-11-28(12-16-56)26-54-19-21-55(22-20-54)38-13-17-57(27-45(38,47)48)31-4-8-34-35(23-31)43(63)59(42(34)62)58-18-14-40(60)51-44(58)64/h1,4-5,8-10,23-24,28,30,32,38H,2-3,6-7,11-22,26-27H2,(H,50,61)(H,51,60,64). The number of urea groups is 1. The maximum Gasteiger partial charge on any atom is 0.343 e. The molecule has 4 saturated heterocycles. The molecule has 0 radical (unpaired) electrons. The van der Waals surface area contributed by atoms with Crippen LogP contribution in [0.5, 0.6) is 5.75 Å². The molecule has 5 fully saturated rings. The predicted molar refractivity (Wildman–Crippen MR) is 233 cm³/mol. The van der Waals surface area contributed by atoms with E-state index >= 15 is 8.78 Å². The van der Waals surface area contributed by atoms with Crippen LogP contribution in [0.2, 0.25) is 5.02 Å². The van der Waals surface area contributed by atoms with Crippen LogP contribution in [-0.2, 0) is 4.79 Å². The number of piperidine rings is 2. The van der Waals surface area contributed by atoms with Gasteiger partial charge < -0.3 is 24.8 Å². The first kappa shape index (κ1) is 44.2. The average molecular weight is 914 g/mol. The Bertz CT molecular complexity index is 2380. The lowest BCUT2D eigenvalue weighted by Gasteiger charge is -2.47. The summed E-state index contributed by atoms with van der Waals surface area (Å²) in [7, 11) is 0. The molecule has 1 aliphatic carbocycles. The van der Waals surface area contributed by atoms with Crippen molar-refractivity contribution in [1.82, 2.24) is 40.6 Å². The maximum atomic E-state index is 15.9. The number of carbonyl (C=O) groups is 5. The van der Waals surface area contributed by atoms with Crippen LogP contribution in [-0.4, -0.2) is 149 Å². The summed E-state index contributed by atoms with van der Waals surface area (Å²) >= 11 is 6.15. The van der Waals surface area contributed by atoms with E-state index in [1.807, 2.05) is 17.0 Å². The lowest BCUT2D eigenvalue weighted by Crippen LogP contribution is -2.62. The Morgan fingerprint density at radius 2 is 1.58 bits per heavy atom. The van der Waals surface area contributed by atoms with Crippen molar-refractivity contribution in [2.75, 3.05) is 75.2 Å². The molecule has 6 aliphatic rings. The highest BCUT2D eigenvalue weighted by molar-refractivity contribution is 6.31. The summed E-state index contributed by atoms with van der Waals surface area (Å²) in [5, 5.41) is 24.9. The fourth-order valence-electron chi connectivity index (χ4n) is 10.00. The number of piperazine rings is 1. The number of aromatic nitrogens is 2. The van der Waals surface area contributed by atoms with Crippen LogP contribution >= 0.6 is 11.6 Å². The lowest BCUT2D eigenvalue weighted by molar-refractivity contribution is -0.122. The van der Waals surface area contributed by atoms with Crippen molar-refractivity contribution in [3.63, 3.8) is 0 Å². The molecule has 6 amide bonds. The minimum Gasteiger partial charge on any atom is -0.490 e. The minimum atomic E-state index is -3.03. The summed E-state index contributed by atoms with van der Waals surface area (Å²) < 4.78 is 37.9. The van der Waals surface area contributed by atoms with Gasteiger partial charge in [-0.2, -0.15) is 10.3 Å². The molecule has 2 aromatic carbocycles. The SMILES string of the molecule is N#Cc1ccc(OC2CCC(NC(=O)c3ccc(N4CCC(CN5CCN(C6CCN(c7ccc8c(c7)C(=O)N(N7CCC(=O)NC7=O)C8=O)CC6(F)F)CC5)CC4)nn3)CC2)cc1Cl. The van der Waals surface area contributed by atoms with Gasteiger partial charge in [0.15, 0.2) is 11.5 Å². The number of halogens is 3. The molecule has 0 bridgehead atoms. The fourth-order valence-corrected chi connectivity index (χ4v) is 10.2. The van der Waals surface area contributed by atoms with Crippen molar-refractivity contribution in [2.45, 2.75) is 75.5 Å². The number of hydrogen-bond acceptors (Lipinski definition) is 13. The van der Waals surface area contributed by atoms with Crippen molar-refractivity contribution in [1.29, 1.82) is 5.26 Å². The molecule has 9 rings (SSSR count). The number of nitrogens with zero attached hydrogens (tertiary/aromatic N) is 9. The van der Waals surface area contributed by atoms with Gasteiger partial charge in [-0.05, 0) is 93.3 Å². The molecule has 342 valence electrons. The van der Waals surface area contributed by atoms with E-state index in [4.69, 9.17) is 21.6 Å². The van der Waals surface area contributed by atoms with Gasteiger partial charge in [-0.25, -0.2) is 18.6 Å². The van der Waals surface area contributed by atoms with E-state index in [2.05, 4.69) is 30.6 Å². The quantitative estimate of drug-likeness (QED) is 0.274. The molecule has 3 aromatic rings. The fraction of sp³-hybridized carbons (Fsp3) is 0.511. The second-order valence-electron chi connectivity index (χ2n) is 17.7. The number of carbonyl (C=O) groups excluding carboxylic acids is 5. The zero-order valence-corrected chi connectivity index (χ0v) is 36.5. The van der Waals surface area contributed by atoms with E-state index in [9.17, 15) is 24.0 Å². The van der Waals surface area contributed by atoms with Crippen molar-refractivity contribution in [2.24, 2.45) is 5.92 Å². The Balaban J connectivity index is 0.689. The molecular formula is C45H50ClF2N11O6. The van der Waals surface area contributed by atoms with Gasteiger partial charge in [0.05, 0.1) is 46.9 Å². The largest absolute Gasteiger partial charge is 0.490 e. The molecule has 5 aliphatic heterocycles. The van der Waals surface area contributed by atoms with Crippen molar-refractivity contribution in [3.8, 4) is 11.8 Å². The molecule has 2 N–H and O–H groups in total. The Hall–Kier alpha value is -5.97. The number of imide groups is 2. The third kappa shape index (κ3) is 9.42. The Kier molecular flexibility index (Phi) is 12.6. The Labute approximate surface area is 379 Å². The van der Waals surface area contributed by atoms with E-state index in [1.165, 1.54) is 12.1 Å². The van der Waals surface area contributed by atoms with Crippen molar-refractivity contribution in [3.05, 3.63) is 75.9 Å². The van der Waals surface area contributed by atoms with E-state index in [1.54, 1.807) is 35.2 Å². The van der Waals surface area contributed by atoms with Gasteiger partial charge in [0.1, 0.15) is 11.8 Å². The van der Waals surface area contributed by atoms with Crippen LogP contribution < -0.4 is 25.2 Å². The zero-order chi connectivity index (χ0) is 45.4. The Morgan fingerprint density at radius 3 is 2.26 bits per heavy atom. The summed E-state index contributed by atoms with van der Waals surface area (Å²) in [6, 6.07) is 13.3. The monoisotopic (exact) mass is 913 g/mol. The van der Waals surface area contributed by atoms with Crippen LogP contribution in [0.15, 0.2) is 48.5 Å². The summed E-state index contributed by atoms with van der Waals surface area (Å²) in [6.45, 7) is 4.69. The van der Waals surface area contributed by atoms with Gasteiger partial charge in [-0.15, -0.1) is 10.2 Å². The summed E-state index contributed by atoms with van der Waals surface area (Å²) in [6.07, 6.45) is 5.15. The second-order valence-corrected chi connectivity index (χ2v) is 18.1. The number of nitriles is 1. The van der Waals surface area contributed by atoms with E-state index in [0.29, 0.717) is 65.7 Å². The molecule has 1 saturated carbocycles. The Morgan fingerprint density at radius 1 is 0.846 bits per heavy atom. The molecule has 0 spiro atoms. The molecule has 65 heavy (non-hydrogen) atoms. The normalized spacial score (nSPS) is 24.4. The minimum absolute atomic E-state index is 0.000559. The smallest absolute Gasteiger partial charge is 0.343 e. The number of hydrazine groups is 1. The van der Waals surface area contributed by atoms with E-state index in [-0.39, 0.29) is 54.3 Å². The van der Waals surface area contributed by atoms with Gasteiger partial charge in [-0.1, -0.05) is 11.6 Å². The number of nitrogens with one attached hydrogen (secondary N) is 2. The van der Waals surface area contributed by atoms with Crippen molar-refractivity contribution >= 4 is 52.8 Å². The first-order valence-electron chi connectivity index (χ1n) is 22.3. The number of ether oxygens (including phenoxy) is 1. The van der Waals surface area contributed by atoms with Gasteiger partial charge >= 0.3 is 6.03 Å². The number of hydrogen-bond donors (Lipinski definition) is 2. The highest BCUT2D eigenvalue weighted by Crippen LogP contribution is 2.37. The molecule has 6 heterocycles. The summed E-state index contributed by atoms with van der Waals surface area (Å²) in [5.74, 6) is -3.41. The molecule has 20 heteroatoms. The first-order valence-corrected chi connectivity index (χ1v) is 22.7. The maximum absolute atomic E-state index is 15.9. The van der Waals surface area contributed by atoms with Crippen molar-refractivity contribution < 1.29 is 37.5 Å². The first-order chi connectivity index (χ1) is 31.3. The zero-order valence-electron chi connectivity index (χ0n) is 35.8. The molecule has 1 aromatic heterocycles. The number of alkyl halides is 2. The predicted octanol–water partition coefficient (Wildman–Crippen LogP) is 4.32. The van der Waals surface area contributed by atoms with Crippen LogP contribution in [0.4, 0.5) is 25.1 Å². The van der Waals surface area contributed by atoms with Crippen LogP contribution in [0.1, 0.15) is 88.1 Å². The van der Waals surface area contributed by atoms with Crippen LogP contribution in [0, 0.1) is 17.2 Å². The third-order valence-electron chi connectivity index (χ3n) is 13.6. The van der Waals surface area contributed by atoms with Gasteiger partial charge in [0, 0.05) is 76.6 Å². The van der Waals surface area contributed by atoms with E-state index < -0.39 is 42.3 Å². The molecule has 17 nitrogen and oxygen atoms in total. The number of rotatable bonds is 10. The second kappa shape index (κ2) is 18.5. The van der Waals surface area contributed by atoms with Gasteiger partial charge in [-0.3, -0.25) is 29.4 Å². The van der Waals surface area contributed by atoms with Gasteiger partial charge in [0.25, 0.3) is 23.6 Å². The number of benzene rings is 2. The van der Waals surface area contributed by atoms with Crippen LogP contribution in [0.3, 0.4) is 0 Å². The third-order valence-corrected chi connectivity index (χ3v) is 13.9. The highest BCUT2D eigenvalue weighted by Gasteiger charge is 2.49. The summed E-state index contributed by atoms with van der Waals surface area (Å²) in [4.78, 5) is 71.4. The lowest BCUT2D eigenvalue weighted by atomic mass is 9.92.